The van der Waals surface area contributed by atoms with E-state index < -0.39 is 0 Å². The van der Waals surface area contributed by atoms with Crippen molar-refractivity contribution in [2.75, 3.05) is 7.11 Å². The van der Waals surface area contributed by atoms with E-state index in [2.05, 4.69) is 64.7 Å². The lowest BCUT2D eigenvalue weighted by Crippen LogP contribution is -2.16. The maximum atomic E-state index is 10.1. The highest BCUT2D eigenvalue weighted by molar-refractivity contribution is 5.85. The molecule has 0 heterocycles. The quantitative estimate of drug-likeness (QED) is 0.724. The molecule has 0 radical (unpaired) electrons. The molecule has 1 N–H and O–H groups in total. The standard InChI is InChI=1S/C22H29NO2/c1-21(2,3)16-10-17(22(4,5)6)12-18(11-16)23-14-15-8-9-19(25-7)13-20(15)24/h8-14,24H,1-7H3. The molecule has 0 aliphatic heterocycles. The molecule has 0 aromatic heterocycles. The monoisotopic (exact) mass is 339 g/mol. The maximum Gasteiger partial charge on any atom is 0.128 e. The molecule has 0 bridgehead atoms. The summed E-state index contributed by atoms with van der Waals surface area (Å²) in [6.45, 7) is 13.2. The number of phenols is 1. The fraction of sp³-hybridized carbons (Fsp3) is 0.409. The van der Waals surface area contributed by atoms with E-state index >= 15 is 0 Å². The second-order valence-electron chi connectivity index (χ2n) is 8.45. The Morgan fingerprint density at radius 3 is 1.88 bits per heavy atom. The van der Waals surface area contributed by atoms with Gasteiger partial charge in [-0.15, -0.1) is 0 Å². The largest absolute Gasteiger partial charge is 0.507 e. The van der Waals surface area contributed by atoms with E-state index in [1.165, 1.54) is 11.1 Å². The van der Waals surface area contributed by atoms with Crippen LogP contribution >= 0.6 is 0 Å². The van der Waals surface area contributed by atoms with Crippen molar-refractivity contribution in [3.05, 3.63) is 53.1 Å². The van der Waals surface area contributed by atoms with Crippen LogP contribution in [0.3, 0.4) is 0 Å². The second kappa shape index (κ2) is 6.91. The Labute approximate surface area is 151 Å². The fourth-order valence-electron chi connectivity index (χ4n) is 2.46. The van der Waals surface area contributed by atoms with Gasteiger partial charge in [-0.25, -0.2) is 0 Å². The van der Waals surface area contributed by atoms with Crippen molar-refractivity contribution in [1.82, 2.24) is 0 Å². The van der Waals surface area contributed by atoms with Crippen LogP contribution in [0, 0.1) is 0 Å². The first-order chi connectivity index (χ1) is 11.5. The lowest BCUT2D eigenvalue weighted by Gasteiger charge is -2.25. The van der Waals surface area contributed by atoms with Crippen molar-refractivity contribution in [2.45, 2.75) is 52.4 Å². The van der Waals surface area contributed by atoms with Crippen molar-refractivity contribution in [2.24, 2.45) is 4.99 Å². The van der Waals surface area contributed by atoms with Crippen LogP contribution < -0.4 is 4.74 Å². The molecular formula is C22H29NO2. The van der Waals surface area contributed by atoms with E-state index in [-0.39, 0.29) is 16.6 Å². The van der Waals surface area contributed by atoms with Crippen molar-refractivity contribution in [3.8, 4) is 11.5 Å². The molecule has 2 rings (SSSR count). The molecular weight excluding hydrogens is 310 g/mol. The van der Waals surface area contributed by atoms with Crippen LogP contribution in [-0.4, -0.2) is 18.4 Å². The van der Waals surface area contributed by atoms with Gasteiger partial charge in [0.2, 0.25) is 0 Å². The zero-order chi connectivity index (χ0) is 18.8. The number of aliphatic imine (C=N–C) groups is 1. The Balaban J connectivity index is 2.45. The number of methoxy groups -OCH3 is 1. The first-order valence-corrected chi connectivity index (χ1v) is 8.58. The number of rotatable bonds is 3. The summed E-state index contributed by atoms with van der Waals surface area (Å²) in [6.07, 6.45) is 1.70. The molecule has 0 aliphatic carbocycles. The summed E-state index contributed by atoms with van der Waals surface area (Å²) in [7, 11) is 1.58. The highest BCUT2D eigenvalue weighted by atomic mass is 16.5. The van der Waals surface area contributed by atoms with Gasteiger partial charge in [-0.2, -0.15) is 0 Å². The van der Waals surface area contributed by atoms with Crippen molar-refractivity contribution in [3.63, 3.8) is 0 Å². The molecule has 0 saturated heterocycles. The number of aromatic hydroxyl groups is 1. The van der Waals surface area contributed by atoms with E-state index in [4.69, 9.17) is 4.74 Å². The molecule has 0 aliphatic rings. The Kier molecular flexibility index (Phi) is 5.26. The average Bonchev–Trinajstić information content (AvgIpc) is 2.51. The molecule has 2 aromatic carbocycles. The first kappa shape index (κ1) is 19.0. The zero-order valence-corrected chi connectivity index (χ0v) is 16.3. The number of benzene rings is 2. The number of hydrogen-bond donors (Lipinski definition) is 1. The summed E-state index contributed by atoms with van der Waals surface area (Å²) in [5, 5.41) is 10.1. The predicted octanol–water partition coefficient (Wildman–Crippen LogP) is 5.75. The minimum absolute atomic E-state index is 0.0494. The zero-order valence-electron chi connectivity index (χ0n) is 16.3. The number of hydrogen-bond acceptors (Lipinski definition) is 3. The highest BCUT2D eigenvalue weighted by Gasteiger charge is 2.20. The van der Waals surface area contributed by atoms with Gasteiger partial charge in [0.25, 0.3) is 0 Å². The van der Waals surface area contributed by atoms with E-state index in [0.29, 0.717) is 11.3 Å². The van der Waals surface area contributed by atoms with Crippen LogP contribution in [0.25, 0.3) is 0 Å². The van der Waals surface area contributed by atoms with Gasteiger partial charge in [-0.3, -0.25) is 4.99 Å². The third-order valence-electron chi connectivity index (χ3n) is 4.24. The molecule has 0 amide bonds. The van der Waals surface area contributed by atoms with Crippen molar-refractivity contribution < 1.29 is 9.84 Å². The fourth-order valence-corrected chi connectivity index (χ4v) is 2.46. The van der Waals surface area contributed by atoms with Crippen LogP contribution in [0.15, 0.2) is 41.4 Å². The van der Waals surface area contributed by atoms with Crippen LogP contribution in [0.5, 0.6) is 11.5 Å². The maximum absolute atomic E-state index is 10.1. The van der Waals surface area contributed by atoms with Crippen LogP contribution in [0.1, 0.15) is 58.2 Å². The van der Waals surface area contributed by atoms with Crippen molar-refractivity contribution in [1.29, 1.82) is 0 Å². The predicted molar refractivity (Wildman–Crippen MR) is 106 cm³/mol. The Morgan fingerprint density at radius 1 is 0.880 bits per heavy atom. The first-order valence-electron chi connectivity index (χ1n) is 8.58. The number of nitrogens with zero attached hydrogens (tertiary/aromatic N) is 1. The molecule has 134 valence electrons. The van der Waals surface area contributed by atoms with Gasteiger partial charge in [-0.05, 0) is 46.2 Å². The molecule has 0 fully saturated rings. The molecule has 3 nitrogen and oxygen atoms in total. The van der Waals surface area contributed by atoms with Gasteiger partial charge < -0.3 is 9.84 Å². The molecule has 0 atom stereocenters. The Morgan fingerprint density at radius 2 is 1.44 bits per heavy atom. The normalized spacial score (nSPS) is 12.6. The van der Waals surface area contributed by atoms with E-state index in [9.17, 15) is 5.11 Å². The van der Waals surface area contributed by atoms with Crippen LogP contribution in [0.4, 0.5) is 5.69 Å². The SMILES string of the molecule is COc1ccc(C=Nc2cc(C(C)(C)C)cc(C(C)(C)C)c2)c(O)c1. The topological polar surface area (TPSA) is 41.8 Å². The van der Waals surface area contributed by atoms with Crippen LogP contribution in [0.2, 0.25) is 0 Å². The molecule has 25 heavy (non-hydrogen) atoms. The second-order valence-corrected chi connectivity index (χ2v) is 8.45. The third-order valence-corrected chi connectivity index (χ3v) is 4.24. The van der Waals surface area contributed by atoms with Gasteiger partial charge in [0.05, 0.1) is 12.8 Å². The van der Waals surface area contributed by atoms with E-state index in [1.807, 2.05) is 6.07 Å². The summed E-state index contributed by atoms with van der Waals surface area (Å²) < 4.78 is 5.11. The van der Waals surface area contributed by atoms with Crippen LogP contribution in [-0.2, 0) is 10.8 Å². The molecule has 0 saturated carbocycles. The summed E-state index contributed by atoms with van der Waals surface area (Å²) in [5.74, 6) is 0.783. The van der Waals surface area contributed by atoms with Gasteiger partial charge in [0, 0.05) is 17.8 Å². The van der Waals surface area contributed by atoms with Gasteiger partial charge in [-0.1, -0.05) is 47.6 Å². The Hall–Kier alpha value is -2.29. The number of phenolic OH excluding ortho intramolecular Hbond substituents is 1. The summed E-state index contributed by atoms with van der Waals surface area (Å²) >= 11 is 0. The summed E-state index contributed by atoms with van der Waals surface area (Å²) in [5.41, 5.74) is 4.17. The van der Waals surface area contributed by atoms with E-state index in [1.54, 1.807) is 25.5 Å². The Bertz CT molecular complexity index is 745. The van der Waals surface area contributed by atoms with Gasteiger partial charge >= 0.3 is 0 Å². The smallest absolute Gasteiger partial charge is 0.128 e. The molecule has 3 heteroatoms. The molecule has 0 spiro atoms. The minimum atomic E-state index is 0.0494. The molecule has 2 aromatic rings. The van der Waals surface area contributed by atoms with Gasteiger partial charge in [0.15, 0.2) is 0 Å². The summed E-state index contributed by atoms with van der Waals surface area (Å²) in [6, 6.07) is 11.7. The average molecular weight is 339 g/mol. The lowest BCUT2D eigenvalue weighted by atomic mass is 9.80. The lowest BCUT2D eigenvalue weighted by molar-refractivity contribution is 0.407. The van der Waals surface area contributed by atoms with Gasteiger partial charge in [0.1, 0.15) is 11.5 Å². The van der Waals surface area contributed by atoms with E-state index in [0.717, 1.165) is 5.69 Å². The summed E-state index contributed by atoms with van der Waals surface area (Å²) in [4.78, 5) is 4.62. The third kappa shape index (κ3) is 4.85. The molecule has 0 unspecified atom stereocenters. The number of ether oxygens (including phenoxy) is 1. The minimum Gasteiger partial charge on any atom is -0.507 e. The van der Waals surface area contributed by atoms with Crippen molar-refractivity contribution >= 4 is 11.9 Å². The highest BCUT2D eigenvalue weighted by Crippen LogP contribution is 2.33.